The fraction of sp³-hybridized carbons (Fsp3) is 0.154. The van der Waals surface area contributed by atoms with Crippen LogP contribution in [0.25, 0.3) is 0 Å². The van der Waals surface area contributed by atoms with Crippen LogP contribution in [0, 0.1) is 10.1 Å². The molecule has 0 radical (unpaired) electrons. The van der Waals surface area contributed by atoms with Crippen LogP contribution in [0.1, 0.15) is 22.0 Å². The van der Waals surface area contributed by atoms with Gasteiger partial charge in [-0.3, -0.25) is 24.4 Å². The van der Waals surface area contributed by atoms with E-state index in [0.29, 0.717) is 11.3 Å². The number of ketones is 1. The first-order valence-corrected chi connectivity index (χ1v) is 6.11. The van der Waals surface area contributed by atoms with Gasteiger partial charge in [0, 0.05) is 12.6 Å². The number of nitrogens with one attached hydrogen (secondary N) is 1. The van der Waals surface area contributed by atoms with E-state index in [-0.39, 0.29) is 11.4 Å². The average Bonchev–Trinajstić information content (AvgIpc) is 2.81. The number of para-hydroxylation sites is 1. The summed E-state index contributed by atoms with van der Waals surface area (Å²) in [5, 5.41) is 17.4. The molecule has 1 aliphatic rings. The maximum atomic E-state index is 12.5. The van der Waals surface area contributed by atoms with Gasteiger partial charge in [-0.1, -0.05) is 12.1 Å². The number of amides is 1. The van der Waals surface area contributed by atoms with Crippen molar-refractivity contribution < 1.29 is 14.5 Å². The minimum absolute atomic E-state index is 0.0167. The average molecular weight is 286 g/mol. The highest BCUT2D eigenvalue weighted by atomic mass is 16.6. The third kappa shape index (κ3) is 1.88. The third-order valence-corrected chi connectivity index (χ3v) is 3.41. The number of hydrogen-bond acceptors (Lipinski definition) is 5. The first-order chi connectivity index (χ1) is 10.0. The molecule has 21 heavy (non-hydrogen) atoms. The van der Waals surface area contributed by atoms with Gasteiger partial charge in [0.1, 0.15) is 11.9 Å². The van der Waals surface area contributed by atoms with Crippen molar-refractivity contribution in [3.8, 4) is 0 Å². The van der Waals surface area contributed by atoms with Crippen molar-refractivity contribution in [3.63, 3.8) is 0 Å². The molecule has 0 saturated carbocycles. The maximum Gasteiger partial charge on any atom is 0.311 e. The van der Waals surface area contributed by atoms with Crippen LogP contribution in [0.3, 0.4) is 0 Å². The van der Waals surface area contributed by atoms with Crippen molar-refractivity contribution in [2.75, 3.05) is 5.32 Å². The van der Waals surface area contributed by atoms with E-state index in [9.17, 15) is 19.7 Å². The third-order valence-electron chi connectivity index (χ3n) is 3.41. The highest BCUT2D eigenvalue weighted by Crippen LogP contribution is 2.34. The molecule has 0 bridgehead atoms. The van der Waals surface area contributed by atoms with Gasteiger partial charge in [0.2, 0.25) is 5.91 Å². The first-order valence-electron chi connectivity index (χ1n) is 6.11. The van der Waals surface area contributed by atoms with Gasteiger partial charge in [-0.2, -0.15) is 5.10 Å². The Morgan fingerprint density at radius 3 is 2.76 bits per heavy atom. The predicted octanol–water partition coefficient (Wildman–Crippen LogP) is 1.25. The quantitative estimate of drug-likeness (QED) is 0.508. The van der Waals surface area contributed by atoms with E-state index in [2.05, 4.69) is 10.4 Å². The van der Waals surface area contributed by atoms with Crippen LogP contribution in [0.5, 0.6) is 0 Å². The number of Topliss-reactive ketones (excluding diaryl/α,β-unsaturated/α-hetero) is 1. The molecule has 0 fully saturated rings. The number of rotatable bonds is 2. The van der Waals surface area contributed by atoms with Crippen LogP contribution in [0.4, 0.5) is 11.4 Å². The van der Waals surface area contributed by atoms with Gasteiger partial charge < -0.3 is 5.32 Å². The Balaban J connectivity index is 2.16. The van der Waals surface area contributed by atoms with Crippen LogP contribution in [-0.4, -0.2) is 26.4 Å². The number of hydrogen-bond donors (Lipinski definition) is 1. The van der Waals surface area contributed by atoms with Crippen LogP contribution < -0.4 is 5.32 Å². The van der Waals surface area contributed by atoms with Crippen LogP contribution in [0.2, 0.25) is 0 Å². The lowest BCUT2D eigenvalue weighted by Gasteiger charge is -2.22. The molecule has 1 unspecified atom stereocenters. The number of benzene rings is 1. The Morgan fingerprint density at radius 2 is 2.05 bits per heavy atom. The first kappa shape index (κ1) is 13.0. The molecule has 1 aliphatic heterocycles. The Labute approximate surface area is 118 Å². The molecule has 1 atom stereocenters. The lowest BCUT2D eigenvalue weighted by atomic mass is 9.88. The van der Waals surface area contributed by atoms with E-state index in [1.807, 2.05) is 0 Å². The van der Waals surface area contributed by atoms with E-state index < -0.39 is 22.5 Å². The zero-order valence-electron chi connectivity index (χ0n) is 10.9. The molecule has 2 heterocycles. The second-order valence-electron chi connectivity index (χ2n) is 4.63. The standard InChI is InChI=1S/C13H10N4O4/c1-16-11(9(6-14-16)17(20)21)10-12(18)7-4-2-3-5-8(7)15-13(10)19/h2-6,10H,1H3,(H,15,19). The van der Waals surface area contributed by atoms with E-state index >= 15 is 0 Å². The van der Waals surface area contributed by atoms with Crippen molar-refractivity contribution >= 4 is 23.1 Å². The van der Waals surface area contributed by atoms with Gasteiger partial charge >= 0.3 is 5.69 Å². The molecule has 2 aromatic rings. The summed E-state index contributed by atoms with van der Waals surface area (Å²) in [4.78, 5) is 35.1. The van der Waals surface area contributed by atoms with E-state index in [0.717, 1.165) is 6.20 Å². The summed E-state index contributed by atoms with van der Waals surface area (Å²) < 4.78 is 1.19. The highest BCUT2D eigenvalue weighted by molar-refractivity contribution is 6.24. The van der Waals surface area contributed by atoms with E-state index in [1.165, 1.54) is 11.7 Å². The van der Waals surface area contributed by atoms with Crippen LogP contribution >= 0.6 is 0 Å². The highest BCUT2D eigenvalue weighted by Gasteiger charge is 2.41. The molecular formula is C13H10N4O4. The smallest absolute Gasteiger partial charge is 0.311 e. The molecule has 8 nitrogen and oxygen atoms in total. The molecular weight excluding hydrogens is 276 g/mol. The second kappa shape index (κ2) is 4.51. The number of nitrogens with zero attached hydrogens (tertiary/aromatic N) is 3. The summed E-state index contributed by atoms with van der Waals surface area (Å²) in [7, 11) is 1.46. The molecule has 1 aromatic heterocycles. The topological polar surface area (TPSA) is 107 Å². The molecule has 0 spiro atoms. The van der Waals surface area contributed by atoms with Crippen molar-refractivity contribution in [2.24, 2.45) is 7.05 Å². The summed E-state index contributed by atoms with van der Waals surface area (Å²) >= 11 is 0. The zero-order chi connectivity index (χ0) is 15.1. The van der Waals surface area contributed by atoms with E-state index in [1.54, 1.807) is 24.3 Å². The van der Waals surface area contributed by atoms with Crippen molar-refractivity contribution in [3.05, 3.63) is 51.8 Å². The van der Waals surface area contributed by atoms with Crippen molar-refractivity contribution in [1.82, 2.24) is 9.78 Å². The predicted molar refractivity (Wildman–Crippen MR) is 72.0 cm³/mol. The molecule has 8 heteroatoms. The maximum absolute atomic E-state index is 12.5. The number of aromatic nitrogens is 2. The lowest BCUT2D eigenvalue weighted by molar-refractivity contribution is -0.385. The minimum atomic E-state index is -1.27. The van der Waals surface area contributed by atoms with Gasteiger partial charge in [0.15, 0.2) is 11.7 Å². The van der Waals surface area contributed by atoms with Gasteiger partial charge in [-0.25, -0.2) is 0 Å². The molecule has 106 valence electrons. The summed E-state index contributed by atoms with van der Waals surface area (Å²) in [5.41, 5.74) is 0.383. The second-order valence-corrected chi connectivity index (χ2v) is 4.63. The Kier molecular flexibility index (Phi) is 2.79. The number of carbonyl (C=O) groups excluding carboxylic acids is 2. The summed E-state index contributed by atoms with van der Waals surface area (Å²) in [6.45, 7) is 0. The van der Waals surface area contributed by atoms with Gasteiger partial charge in [0.25, 0.3) is 0 Å². The van der Waals surface area contributed by atoms with Crippen molar-refractivity contribution in [1.29, 1.82) is 0 Å². The summed E-state index contributed by atoms with van der Waals surface area (Å²) in [5.74, 6) is -2.33. The van der Waals surface area contributed by atoms with Gasteiger partial charge in [-0.05, 0) is 12.1 Å². The minimum Gasteiger partial charge on any atom is -0.324 e. The van der Waals surface area contributed by atoms with Gasteiger partial charge in [-0.15, -0.1) is 0 Å². The largest absolute Gasteiger partial charge is 0.324 e. The van der Waals surface area contributed by atoms with Crippen molar-refractivity contribution in [2.45, 2.75) is 5.92 Å². The molecule has 3 rings (SSSR count). The zero-order valence-corrected chi connectivity index (χ0v) is 10.9. The molecule has 1 N–H and O–H groups in total. The number of carbonyl (C=O) groups is 2. The molecule has 1 aromatic carbocycles. The molecule has 1 amide bonds. The van der Waals surface area contributed by atoms with Gasteiger partial charge in [0.05, 0.1) is 10.6 Å². The Bertz CT molecular complexity index is 780. The summed E-state index contributed by atoms with van der Waals surface area (Å²) in [6.07, 6.45) is 1.04. The SMILES string of the molecule is Cn1ncc([N+](=O)[O-])c1C1C(=O)Nc2ccccc2C1=O. The van der Waals surface area contributed by atoms with Crippen LogP contribution in [-0.2, 0) is 11.8 Å². The Hall–Kier alpha value is -3.03. The molecule has 0 saturated heterocycles. The van der Waals surface area contributed by atoms with Crippen LogP contribution in [0.15, 0.2) is 30.5 Å². The fourth-order valence-corrected chi connectivity index (χ4v) is 2.45. The number of fused-ring (bicyclic) bond motifs is 1. The summed E-state index contributed by atoms with van der Waals surface area (Å²) in [6, 6.07) is 6.55. The number of nitro groups is 1. The normalized spacial score (nSPS) is 17.3. The fourth-order valence-electron chi connectivity index (χ4n) is 2.45. The molecule has 0 aliphatic carbocycles. The number of anilines is 1. The Morgan fingerprint density at radius 1 is 1.33 bits per heavy atom. The lowest BCUT2D eigenvalue weighted by Crippen LogP contribution is -2.35. The monoisotopic (exact) mass is 286 g/mol. The number of aryl methyl sites for hydroxylation is 1. The van der Waals surface area contributed by atoms with E-state index in [4.69, 9.17) is 0 Å².